The summed E-state index contributed by atoms with van der Waals surface area (Å²) < 4.78 is 2.01. The van der Waals surface area contributed by atoms with Gasteiger partial charge in [-0.2, -0.15) is 0 Å². The number of carbonyl (C=O) groups is 2. The molecule has 0 fully saturated rings. The first-order valence-corrected chi connectivity index (χ1v) is 9.26. The van der Waals surface area contributed by atoms with Crippen LogP contribution < -0.4 is 10.6 Å². The second-order valence-electron chi connectivity index (χ2n) is 6.35. The number of nitrogens with one attached hydrogen (secondary N) is 2. The summed E-state index contributed by atoms with van der Waals surface area (Å²) in [7, 11) is 0. The van der Waals surface area contributed by atoms with Gasteiger partial charge in [0.05, 0.1) is 11.1 Å². The molecular weight excluding hydrogens is 376 g/mol. The average molecular weight is 397 g/mol. The van der Waals surface area contributed by atoms with Crippen LogP contribution in [-0.4, -0.2) is 34.5 Å². The van der Waals surface area contributed by atoms with E-state index >= 15 is 0 Å². The van der Waals surface area contributed by atoms with Gasteiger partial charge in [-0.15, -0.1) is 0 Å². The van der Waals surface area contributed by atoms with Crippen molar-refractivity contribution in [2.45, 2.75) is 13.8 Å². The molecule has 2 heterocycles. The maximum absolute atomic E-state index is 12.6. The van der Waals surface area contributed by atoms with E-state index in [1.807, 2.05) is 48.7 Å². The Morgan fingerprint density at radius 3 is 2.36 bits per heavy atom. The average Bonchev–Trinajstić information content (AvgIpc) is 3.00. The monoisotopic (exact) mass is 396 g/mol. The molecule has 144 valence electrons. The molecule has 7 heteroatoms. The van der Waals surface area contributed by atoms with Crippen LogP contribution in [0.1, 0.15) is 32.1 Å². The van der Waals surface area contributed by atoms with Crippen LogP contribution in [0.25, 0.3) is 5.69 Å². The standard InChI is InChI=1S/C21H21ClN4O2/c1-14-12-19(15(2)26(14)18-7-5-17(22)6-8-18)21(28)25-11-10-24-20(27)16-4-3-9-23-13-16/h3-9,12-13H,10-11H2,1-2H3,(H,24,27)(H,25,28). The molecule has 6 nitrogen and oxygen atoms in total. The third-order valence-corrected chi connectivity index (χ3v) is 4.63. The molecular formula is C21H21ClN4O2. The minimum absolute atomic E-state index is 0.177. The van der Waals surface area contributed by atoms with Crippen LogP contribution in [0.3, 0.4) is 0 Å². The highest BCUT2D eigenvalue weighted by atomic mass is 35.5. The molecule has 0 aliphatic carbocycles. The number of amides is 2. The maximum atomic E-state index is 12.6. The number of aromatic nitrogens is 2. The molecule has 0 spiro atoms. The van der Waals surface area contributed by atoms with E-state index in [1.54, 1.807) is 18.3 Å². The van der Waals surface area contributed by atoms with Gasteiger partial charge in [-0.1, -0.05) is 11.6 Å². The lowest BCUT2D eigenvalue weighted by Gasteiger charge is -2.10. The molecule has 0 aliphatic heterocycles. The van der Waals surface area contributed by atoms with Crippen molar-refractivity contribution < 1.29 is 9.59 Å². The molecule has 0 saturated carbocycles. The largest absolute Gasteiger partial charge is 0.350 e. The second-order valence-corrected chi connectivity index (χ2v) is 6.79. The fourth-order valence-corrected chi connectivity index (χ4v) is 3.15. The van der Waals surface area contributed by atoms with Gasteiger partial charge in [0.1, 0.15) is 0 Å². The highest BCUT2D eigenvalue weighted by Crippen LogP contribution is 2.22. The van der Waals surface area contributed by atoms with Gasteiger partial charge in [0.25, 0.3) is 11.8 Å². The Morgan fingerprint density at radius 1 is 1.04 bits per heavy atom. The van der Waals surface area contributed by atoms with Crippen LogP contribution in [0.4, 0.5) is 0 Å². The summed E-state index contributed by atoms with van der Waals surface area (Å²) in [6.45, 7) is 4.51. The van der Waals surface area contributed by atoms with Gasteiger partial charge < -0.3 is 15.2 Å². The van der Waals surface area contributed by atoms with Crippen molar-refractivity contribution in [3.8, 4) is 5.69 Å². The Bertz CT molecular complexity index is 982. The maximum Gasteiger partial charge on any atom is 0.253 e. The zero-order valence-electron chi connectivity index (χ0n) is 15.7. The summed E-state index contributed by atoms with van der Waals surface area (Å²) in [6, 6.07) is 12.7. The molecule has 1 aromatic carbocycles. The van der Waals surface area contributed by atoms with E-state index in [1.165, 1.54) is 6.20 Å². The molecule has 0 aliphatic rings. The number of nitrogens with zero attached hydrogens (tertiary/aromatic N) is 2. The Morgan fingerprint density at radius 2 is 1.71 bits per heavy atom. The van der Waals surface area contributed by atoms with Crippen molar-refractivity contribution >= 4 is 23.4 Å². The third kappa shape index (κ3) is 4.40. The first-order valence-electron chi connectivity index (χ1n) is 8.88. The number of pyridine rings is 1. The lowest BCUT2D eigenvalue weighted by Crippen LogP contribution is -2.34. The number of carbonyl (C=O) groups excluding carboxylic acids is 2. The quantitative estimate of drug-likeness (QED) is 0.627. The summed E-state index contributed by atoms with van der Waals surface area (Å²) in [5.74, 6) is -0.396. The van der Waals surface area contributed by atoms with E-state index in [0.29, 0.717) is 29.2 Å². The summed E-state index contributed by atoms with van der Waals surface area (Å²) in [4.78, 5) is 28.4. The number of hydrogen-bond acceptors (Lipinski definition) is 3. The molecule has 0 bridgehead atoms. The van der Waals surface area contributed by atoms with E-state index in [9.17, 15) is 9.59 Å². The Balaban J connectivity index is 1.60. The van der Waals surface area contributed by atoms with Gasteiger partial charge in [0.15, 0.2) is 0 Å². The van der Waals surface area contributed by atoms with Crippen LogP contribution in [0.2, 0.25) is 5.02 Å². The third-order valence-electron chi connectivity index (χ3n) is 4.38. The second kappa shape index (κ2) is 8.71. The zero-order chi connectivity index (χ0) is 20.1. The van der Waals surface area contributed by atoms with Crippen molar-refractivity contribution in [3.05, 3.63) is 82.4 Å². The fraction of sp³-hybridized carbons (Fsp3) is 0.190. The highest BCUT2D eigenvalue weighted by molar-refractivity contribution is 6.30. The minimum atomic E-state index is -0.219. The number of rotatable bonds is 6. The molecule has 0 atom stereocenters. The number of hydrogen-bond donors (Lipinski definition) is 2. The van der Waals surface area contributed by atoms with Crippen LogP contribution in [0, 0.1) is 13.8 Å². The molecule has 3 rings (SSSR count). The van der Waals surface area contributed by atoms with Crippen LogP contribution in [0.15, 0.2) is 54.9 Å². The first-order chi connectivity index (χ1) is 13.5. The van der Waals surface area contributed by atoms with Gasteiger partial charge in [0, 0.05) is 47.6 Å². The Hall–Kier alpha value is -3.12. The summed E-state index contributed by atoms with van der Waals surface area (Å²) in [6.07, 6.45) is 3.11. The number of aryl methyl sites for hydroxylation is 1. The highest BCUT2D eigenvalue weighted by Gasteiger charge is 2.16. The first kappa shape index (κ1) is 19.6. The van der Waals surface area contributed by atoms with Gasteiger partial charge in [-0.3, -0.25) is 14.6 Å². The fourth-order valence-electron chi connectivity index (χ4n) is 3.03. The van der Waals surface area contributed by atoms with Gasteiger partial charge >= 0.3 is 0 Å². The van der Waals surface area contributed by atoms with Crippen molar-refractivity contribution in [1.29, 1.82) is 0 Å². The molecule has 0 radical (unpaired) electrons. The van der Waals surface area contributed by atoms with Gasteiger partial charge in [0.2, 0.25) is 0 Å². The summed E-state index contributed by atoms with van der Waals surface area (Å²) in [5, 5.41) is 6.27. The number of benzene rings is 1. The van der Waals surface area contributed by atoms with Crippen molar-refractivity contribution in [2.75, 3.05) is 13.1 Å². The van der Waals surface area contributed by atoms with Crippen LogP contribution in [0.5, 0.6) is 0 Å². The van der Waals surface area contributed by atoms with Crippen molar-refractivity contribution in [3.63, 3.8) is 0 Å². The van der Waals surface area contributed by atoms with Crippen molar-refractivity contribution in [1.82, 2.24) is 20.2 Å². The smallest absolute Gasteiger partial charge is 0.253 e. The van der Waals surface area contributed by atoms with Crippen LogP contribution in [-0.2, 0) is 0 Å². The predicted molar refractivity (Wildman–Crippen MR) is 109 cm³/mol. The lowest BCUT2D eigenvalue weighted by atomic mass is 10.2. The van der Waals surface area contributed by atoms with Gasteiger partial charge in [-0.05, 0) is 56.3 Å². The van der Waals surface area contributed by atoms with Gasteiger partial charge in [-0.25, -0.2) is 0 Å². The van der Waals surface area contributed by atoms with E-state index < -0.39 is 0 Å². The molecule has 2 amide bonds. The molecule has 2 aromatic heterocycles. The number of halogens is 1. The van der Waals surface area contributed by atoms with E-state index in [2.05, 4.69) is 15.6 Å². The van der Waals surface area contributed by atoms with E-state index in [-0.39, 0.29) is 11.8 Å². The molecule has 0 unspecified atom stereocenters. The van der Waals surface area contributed by atoms with Crippen molar-refractivity contribution in [2.24, 2.45) is 0 Å². The minimum Gasteiger partial charge on any atom is -0.350 e. The molecule has 2 N–H and O–H groups in total. The summed E-state index contributed by atoms with van der Waals surface area (Å²) >= 11 is 5.96. The normalized spacial score (nSPS) is 10.5. The molecule has 3 aromatic rings. The topological polar surface area (TPSA) is 76.0 Å². The molecule has 0 saturated heterocycles. The zero-order valence-corrected chi connectivity index (χ0v) is 16.5. The predicted octanol–water partition coefficient (Wildman–Crippen LogP) is 3.30. The Labute approximate surface area is 168 Å². The van der Waals surface area contributed by atoms with E-state index in [0.717, 1.165) is 17.1 Å². The van der Waals surface area contributed by atoms with Crippen LogP contribution >= 0.6 is 11.6 Å². The lowest BCUT2D eigenvalue weighted by molar-refractivity contribution is 0.0927. The Kier molecular flexibility index (Phi) is 6.11. The SMILES string of the molecule is Cc1cc(C(=O)NCCNC(=O)c2cccnc2)c(C)n1-c1ccc(Cl)cc1. The molecule has 28 heavy (non-hydrogen) atoms. The summed E-state index contributed by atoms with van der Waals surface area (Å²) in [5.41, 5.74) is 3.83. The van der Waals surface area contributed by atoms with E-state index in [4.69, 9.17) is 11.6 Å².